The maximum absolute atomic E-state index is 12.2. The van der Waals surface area contributed by atoms with Crippen LogP contribution in [0.1, 0.15) is 106 Å². The molecule has 0 unspecified atom stereocenters. The van der Waals surface area contributed by atoms with E-state index in [1.807, 2.05) is 0 Å². The Balaban J connectivity index is 1.15. The Kier molecular flexibility index (Phi) is 9.90. The van der Waals surface area contributed by atoms with Crippen molar-refractivity contribution in [3.63, 3.8) is 0 Å². The number of aliphatic hydroxyl groups is 9. The van der Waals surface area contributed by atoms with Gasteiger partial charge in [0.05, 0.1) is 48.8 Å². The van der Waals surface area contributed by atoms with Crippen LogP contribution in [0.3, 0.4) is 0 Å². The van der Waals surface area contributed by atoms with E-state index in [0.717, 1.165) is 32.1 Å². The highest BCUT2D eigenvalue weighted by atomic mass is 16.7. The Bertz CT molecular complexity index is 1460. The van der Waals surface area contributed by atoms with Gasteiger partial charge in [-0.05, 0) is 117 Å². The molecule has 5 aliphatic carbocycles. The van der Waals surface area contributed by atoms with E-state index >= 15 is 0 Å². The lowest BCUT2D eigenvalue weighted by Crippen LogP contribution is -2.65. The largest absolute Gasteiger partial charge is 0.394 e. The highest BCUT2D eigenvalue weighted by molar-refractivity contribution is 5.33. The van der Waals surface area contributed by atoms with Crippen molar-refractivity contribution in [3.8, 4) is 0 Å². The third kappa shape index (κ3) is 5.70. The Morgan fingerprint density at radius 1 is 0.709 bits per heavy atom. The topological polar surface area (TPSA) is 228 Å². The Labute approximate surface area is 324 Å². The molecule has 8 rings (SSSR count). The lowest BCUT2D eigenvalue weighted by Gasteiger charge is -2.65. The second-order valence-corrected chi connectivity index (χ2v) is 21.1. The monoisotopic (exact) mass is 784 g/mol. The summed E-state index contributed by atoms with van der Waals surface area (Å²) in [6, 6.07) is 0. The van der Waals surface area contributed by atoms with Gasteiger partial charge in [-0.25, -0.2) is 0 Å². The smallest absolute Gasteiger partial charge is 0.186 e. The van der Waals surface area contributed by atoms with Crippen molar-refractivity contribution in [3.05, 3.63) is 0 Å². The molecule has 8 fully saturated rings. The van der Waals surface area contributed by atoms with E-state index in [-0.39, 0.29) is 52.1 Å². The van der Waals surface area contributed by atoms with E-state index < -0.39 is 96.8 Å². The molecule has 14 heteroatoms. The number of fused-ring (bicyclic) bond motifs is 2. The molecule has 5 saturated carbocycles. The summed E-state index contributed by atoms with van der Waals surface area (Å²) < 4.78 is 31.9. The fourth-order valence-electron chi connectivity index (χ4n) is 14.9. The van der Waals surface area contributed by atoms with Crippen LogP contribution in [-0.4, -0.2) is 150 Å². The zero-order valence-corrected chi connectivity index (χ0v) is 33.6. The molecule has 3 heterocycles. The number of ether oxygens (including phenoxy) is 5. The summed E-state index contributed by atoms with van der Waals surface area (Å²) in [4.78, 5) is 0. The molecule has 55 heavy (non-hydrogen) atoms. The van der Waals surface area contributed by atoms with Gasteiger partial charge in [-0.1, -0.05) is 27.7 Å². The van der Waals surface area contributed by atoms with E-state index in [4.69, 9.17) is 23.7 Å². The number of hydrogen-bond donors (Lipinski definition) is 9. The predicted molar refractivity (Wildman–Crippen MR) is 194 cm³/mol. The SMILES string of the molecule is CC(C)(O)[C@H]1CC[C@@](C)([C@H]2[C@@H](O)C[C@@]3(C)[C@@H]4C[C@H](O[C@@H]5O[C@H](CO)[C@@H](O)[C@H](O)[C@H]5O)[C@H]5C(C)(C)[C@@H](O[C@@H]6OC[C@@H](O)[C@H](O)[C@H]6O)CC[C@@]56C[C@]46CC[C@]23C)O1. The molecule has 0 bridgehead atoms. The average Bonchev–Trinajstić information content (AvgIpc) is 3.47. The quantitative estimate of drug-likeness (QED) is 0.162. The highest BCUT2D eigenvalue weighted by Crippen LogP contribution is 2.89. The van der Waals surface area contributed by atoms with E-state index in [2.05, 4.69) is 34.6 Å². The van der Waals surface area contributed by atoms with Gasteiger partial charge in [0.1, 0.15) is 42.7 Å². The van der Waals surface area contributed by atoms with Gasteiger partial charge in [0.15, 0.2) is 12.6 Å². The van der Waals surface area contributed by atoms with Crippen LogP contribution < -0.4 is 0 Å². The lowest BCUT2D eigenvalue weighted by atomic mass is 9.41. The standard InChI is InChI=1S/C41H68O14/c1-35(2)24(54-33-29(48)26(45)20(44)17-51-33)9-11-41-18-40(41)13-12-37(5)31(39(7)10-8-25(55-39)36(3,4)50)19(43)15-38(37,6)23(40)14-21(32(35)41)52-34-30(49)28(47)27(46)22(16-42)53-34/h19-34,42-50H,8-18H2,1-7H3/t19-,20+,21-,22+,23-,24-,25+,26-,27+,28-,29+,30+,31-,32-,33-,34+,37+,38-,39-,40+,41+/m0/s1. The highest BCUT2D eigenvalue weighted by Gasteiger charge is 2.85. The summed E-state index contributed by atoms with van der Waals surface area (Å²) >= 11 is 0. The normalized spacial score (nSPS) is 58.7. The predicted octanol–water partition coefficient (Wildman–Crippen LogP) is 0.724. The third-order valence-electron chi connectivity index (χ3n) is 17.6. The van der Waals surface area contributed by atoms with Gasteiger partial charge < -0.3 is 69.6 Å². The minimum Gasteiger partial charge on any atom is -0.394 e. The van der Waals surface area contributed by atoms with Crippen LogP contribution >= 0.6 is 0 Å². The summed E-state index contributed by atoms with van der Waals surface area (Å²) in [5.41, 5.74) is -3.16. The molecule has 0 aromatic carbocycles. The van der Waals surface area contributed by atoms with E-state index in [0.29, 0.717) is 25.7 Å². The molecule has 8 aliphatic rings. The van der Waals surface area contributed by atoms with Crippen LogP contribution in [0.4, 0.5) is 0 Å². The van der Waals surface area contributed by atoms with Gasteiger partial charge in [-0.15, -0.1) is 0 Å². The molecule has 0 aromatic heterocycles. The zero-order chi connectivity index (χ0) is 40.1. The molecule has 14 nitrogen and oxygen atoms in total. The van der Waals surface area contributed by atoms with Gasteiger partial charge >= 0.3 is 0 Å². The molecule has 2 spiro atoms. The van der Waals surface area contributed by atoms with Crippen LogP contribution in [0.15, 0.2) is 0 Å². The van der Waals surface area contributed by atoms with Crippen molar-refractivity contribution in [1.29, 1.82) is 0 Å². The minimum absolute atomic E-state index is 0.0633. The van der Waals surface area contributed by atoms with Gasteiger partial charge in [-0.3, -0.25) is 0 Å². The third-order valence-corrected chi connectivity index (χ3v) is 17.6. The molecule has 3 saturated heterocycles. The fraction of sp³-hybridized carbons (Fsp3) is 1.00. The maximum atomic E-state index is 12.2. The van der Waals surface area contributed by atoms with E-state index in [1.54, 1.807) is 13.8 Å². The van der Waals surface area contributed by atoms with Crippen LogP contribution in [0, 0.1) is 44.8 Å². The molecular formula is C41H68O14. The van der Waals surface area contributed by atoms with Gasteiger partial charge in [0.25, 0.3) is 0 Å². The second-order valence-electron chi connectivity index (χ2n) is 21.1. The first-order valence-electron chi connectivity index (χ1n) is 20.9. The molecule has 9 N–H and O–H groups in total. The maximum Gasteiger partial charge on any atom is 0.186 e. The minimum atomic E-state index is -1.60. The van der Waals surface area contributed by atoms with E-state index in [1.165, 1.54) is 0 Å². The van der Waals surface area contributed by atoms with Crippen LogP contribution in [-0.2, 0) is 23.7 Å². The van der Waals surface area contributed by atoms with Crippen molar-refractivity contribution >= 4 is 0 Å². The summed E-state index contributed by atoms with van der Waals surface area (Å²) in [5.74, 6) is -0.215. The van der Waals surface area contributed by atoms with Crippen LogP contribution in [0.2, 0.25) is 0 Å². The Morgan fingerprint density at radius 2 is 1.40 bits per heavy atom. The van der Waals surface area contributed by atoms with Crippen molar-refractivity contribution in [2.75, 3.05) is 13.2 Å². The van der Waals surface area contributed by atoms with Gasteiger partial charge in [0, 0.05) is 5.92 Å². The first kappa shape index (κ1) is 41.2. The zero-order valence-electron chi connectivity index (χ0n) is 33.6. The molecule has 0 aromatic rings. The first-order valence-corrected chi connectivity index (χ1v) is 20.9. The molecule has 316 valence electrons. The number of hydrogen-bond acceptors (Lipinski definition) is 14. The van der Waals surface area contributed by atoms with Gasteiger partial charge in [0.2, 0.25) is 0 Å². The summed E-state index contributed by atoms with van der Waals surface area (Å²) in [5, 5.41) is 97.2. The second kappa shape index (κ2) is 13.2. The summed E-state index contributed by atoms with van der Waals surface area (Å²) in [6.45, 7) is 13.8. The van der Waals surface area contributed by atoms with Crippen LogP contribution in [0.25, 0.3) is 0 Å². The molecule has 0 radical (unpaired) electrons. The Hall–Kier alpha value is -0.560. The molecular weight excluding hydrogens is 716 g/mol. The molecule has 3 aliphatic heterocycles. The first-order chi connectivity index (χ1) is 25.5. The van der Waals surface area contributed by atoms with Crippen molar-refractivity contribution in [1.82, 2.24) is 0 Å². The fourth-order valence-corrected chi connectivity index (χ4v) is 14.9. The van der Waals surface area contributed by atoms with Gasteiger partial charge in [-0.2, -0.15) is 0 Å². The summed E-state index contributed by atoms with van der Waals surface area (Å²) in [6.07, 6.45) is -7.48. The number of aliphatic hydroxyl groups excluding tert-OH is 8. The Morgan fingerprint density at radius 3 is 2.05 bits per heavy atom. The van der Waals surface area contributed by atoms with Crippen molar-refractivity contribution in [2.45, 2.75) is 197 Å². The average molecular weight is 785 g/mol. The van der Waals surface area contributed by atoms with E-state index in [9.17, 15) is 46.0 Å². The summed E-state index contributed by atoms with van der Waals surface area (Å²) in [7, 11) is 0. The molecule has 0 amide bonds. The molecule has 21 atom stereocenters. The van der Waals surface area contributed by atoms with Crippen molar-refractivity contribution < 1.29 is 69.6 Å². The lowest BCUT2D eigenvalue weighted by molar-refractivity contribution is -0.339. The van der Waals surface area contributed by atoms with Crippen LogP contribution in [0.5, 0.6) is 0 Å². The number of rotatable bonds is 7. The van der Waals surface area contributed by atoms with Crippen molar-refractivity contribution in [2.24, 2.45) is 44.8 Å².